The van der Waals surface area contributed by atoms with E-state index in [0.717, 1.165) is 40.4 Å². The summed E-state index contributed by atoms with van der Waals surface area (Å²) in [5.74, 6) is 0.196. The molecule has 27 heavy (non-hydrogen) atoms. The van der Waals surface area contributed by atoms with Crippen molar-refractivity contribution in [2.75, 3.05) is 4.90 Å². The Kier molecular flexibility index (Phi) is 4.66. The minimum atomic E-state index is -0.132. The maximum Gasteiger partial charge on any atom is 0.248 e. The fourth-order valence-corrected chi connectivity index (χ4v) is 4.37. The van der Waals surface area contributed by atoms with Gasteiger partial charge in [0.2, 0.25) is 11.5 Å². The third kappa shape index (κ3) is 3.45. The molecule has 0 unspecified atom stereocenters. The van der Waals surface area contributed by atoms with Gasteiger partial charge in [-0.15, -0.1) is 11.3 Å². The molecule has 0 atom stereocenters. The van der Waals surface area contributed by atoms with Gasteiger partial charge in [-0.3, -0.25) is 9.59 Å². The van der Waals surface area contributed by atoms with Crippen LogP contribution in [0.15, 0.2) is 46.7 Å². The third-order valence-corrected chi connectivity index (χ3v) is 5.67. The topological polar surface area (TPSA) is 66.1 Å². The van der Waals surface area contributed by atoms with Crippen molar-refractivity contribution in [3.05, 3.63) is 57.8 Å². The summed E-state index contributed by atoms with van der Waals surface area (Å²) in [7, 11) is 0. The molecule has 1 N–H and O–H groups in total. The second-order valence-electron chi connectivity index (χ2n) is 7.03. The molecule has 1 aliphatic rings. The Bertz CT molecular complexity index is 1050. The van der Waals surface area contributed by atoms with Crippen LogP contribution in [0.5, 0.6) is 0 Å². The van der Waals surface area contributed by atoms with Crippen LogP contribution in [0.4, 0.5) is 5.69 Å². The van der Waals surface area contributed by atoms with Gasteiger partial charge < -0.3 is 9.88 Å². The molecule has 0 aliphatic carbocycles. The highest BCUT2D eigenvalue weighted by atomic mass is 32.1. The molecule has 0 radical (unpaired) electrons. The van der Waals surface area contributed by atoms with E-state index in [9.17, 15) is 9.59 Å². The largest absolute Gasteiger partial charge is 0.329 e. The highest BCUT2D eigenvalue weighted by molar-refractivity contribution is 7.13. The van der Waals surface area contributed by atoms with Gasteiger partial charge in [0.15, 0.2) is 0 Å². The molecule has 3 aromatic rings. The second kappa shape index (κ2) is 7.12. The maximum absolute atomic E-state index is 12.4. The third-order valence-electron chi connectivity index (χ3n) is 4.78. The van der Waals surface area contributed by atoms with Gasteiger partial charge >= 0.3 is 0 Å². The average molecular weight is 379 g/mol. The molecule has 0 saturated carbocycles. The number of amides is 1. The lowest BCUT2D eigenvalue weighted by atomic mass is 10.0. The summed E-state index contributed by atoms with van der Waals surface area (Å²) in [6.07, 6.45) is 3.99. The van der Waals surface area contributed by atoms with Crippen molar-refractivity contribution in [2.45, 2.75) is 39.2 Å². The Morgan fingerprint density at radius 2 is 1.96 bits per heavy atom. The van der Waals surface area contributed by atoms with Crippen LogP contribution in [-0.2, 0) is 11.2 Å². The number of nitrogens with one attached hydrogen (secondary N) is 1. The summed E-state index contributed by atoms with van der Waals surface area (Å²) in [4.78, 5) is 33.2. The number of pyridine rings is 1. The first-order valence-electron chi connectivity index (χ1n) is 9.13. The van der Waals surface area contributed by atoms with E-state index in [1.807, 2.05) is 28.5 Å². The highest BCUT2D eigenvalue weighted by Crippen LogP contribution is 2.34. The van der Waals surface area contributed by atoms with Gasteiger partial charge in [0.05, 0.1) is 5.69 Å². The van der Waals surface area contributed by atoms with E-state index in [1.165, 1.54) is 16.9 Å². The monoisotopic (exact) mass is 379 g/mol. The Morgan fingerprint density at radius 1 is 1.11 bits per heavy atom. The molecular weight excluding hydrogens is 358 g/mol. The number of carbonyl (C=O) groups is 1. The number of H-pyrrole nitrogens is 1. The van der Waals surface area contributed by atoms with Gasteiger partial charge in [-0.1, -0.05) is 6.07 Å². The van der Waals surface area contributed by atoms with Crippen LogP contribution in [0, 0.1) is 0 Å². The molecule has 5 nitrogen and oxygen atoms in total. The molecule has 1 aliphatic heterocycles. The molecule has 4 rings (SSSR count). The number of hydrogen-bond donors (Lipinski definition) is 1. The first-order valence-corrected chi connectivity index (χ1v) is 10.0. The van der Waals surface area contributed by atoms with E-state index in [-0.39, 0.29) is 17.5 Å². The predicted octanol–water partition coefficient (Wildman–Crippen LogP) is 4.24. The quantitative estimate of drug-likeness (QED) is 0.740. The number of thiazole rings is 1. The summed E-state index contributed by atoms with van der Waals surface area (Å²) in [6.45, 7) is 4.10. The summed E-state index contributed by atoms with van der Waals surface area (Å²) < 4.78 is 0. The van der Waals surface area contributed by atoms with E-state index >= 15 is 0 Å². The van der Waals surface area contributed by atoms with Crippen LogP contribution < -0.4 is 10.5 Å². The minimum Gasteiger partial charge on any atom is -0.329 e. The molecule has 0 saturated heterocycles. The van der Waals surface area contributed by atoms with E-state index < -0.39 is 0 Å². The minimum absolute atomic E-state index is 0.132. The molecule has 0 bridgehead atoms. The molecule has 138 valence electrons. The summed E-state index contributed by atoms with van der Waals surface area (Å²) >= 11 is 1.53. The van der Waals surface area contributed by atoms with Crippen LogP contribution in [-0.4, -0.2) is 21.9 Å². The van der Waals surface area contributed by atoms with Crippen molar-refractivity contribution in [1.29, 1.82) is 0 Å². The van der Waals surface area contributed by atoms with Crippen LogP contribution in [0.3, 0.4) is 0 Å². The normalized spacial score (nSPS) is 14.3. The molecule has 0 fully saturated rings. The fourth-order valence-electron chi connectivity index (χ4n) is 3.55. The Labute approximate surface area is 161 Å². The van der Waals surface area contributed by atoms with Gasteiger partial charge in [-0.25, -0.2) is 4.98 Å². The van der Waals surface area contributed by atoms with Crippen LogP contribution in [0.25, 0.3) is 21.8 Å². The molecular formula is C21H21N3O2S. The van der Waals surface area contributed by atoms with Gasteiger partial charge in [-0.2, -0.15) is 0 Å². The number of rotatable bonds is 3. The zero-order chi connectivity index (χ0) is 19.0. The lowest BCUT2D eigenvalue weighted by Gasteiger charge is -2.27. The number of aromatic amines is 1. The van der Waals surface area contributed by atoms with E-state index in [4.69, 9.17) is 4.98 Å². The smallest absolute Gasteiger partial charge is 0.248 e. The molecule has 3 heterocycles. The van der Waals surface area contributed by atoms with Gasteiger partial charge in [0.1, 0.15) is 5.01 Å². The Balaban J connectivity index is 1.71. The standard InChI is InChI=1S/C21H21N3O2S/c1-13(2)24-18-7-6-14(10-15(18)4-3-5-20(24)26)17-12-27-21(23-17)16-8-9-22-19(25)11-16/h6-13H,3-5H2,1-2H3,(H,22,25). The molecule has 6 heteroatoms. The number of aromatic nitrogens is 2. The zero-order valence-corrected chi connectivity index (χ0v) is 16.2. The van der Waals surface area contributed by atoms with Gasteiger partial charge in [0, 0.05) is 46.9 Å². The highest BCUT2D eigenvalue weighted by Gasteiger charge is 2.24. The van der Waals surface area contributed by atoms with Gasteiger partial charge in [0.25, 0.3) is 0 Å². The van der Waals surface area contributed by atoms with Crippen LogP contribution in [0.1, 0.15) is 32.3 Å². The second-order valence-corrected chi connectivity index (χ2v) is 7.89. The predicted molar refractivity (Wildman–Crippen MR) is 109 cm³/mol. The van der Waals surface area contributed by atoms with Crippen LogP contribution >= 0.6 is 11.3 Å². The first kappa shape index (κ1) is 17.7. The zero-order valence-electron chi connectivity index (χ0n) is 15.4. The molecule has 1 amide bonds. The number of nitrogens with zero attached hydrogens (tertiary/aromatic N) is 2. The first-order chi connectivity index (χ1) is 13.0. The van der Waals surface area contributed by atoms with Gasteiger partial charge in [-0.05, 0) is 50.5 Å². The maximum atomic E-state index is 12.4. The lowest BCUT2D eigenvalue weighted by molar-refractivity contribution is -0.118. The number of fused-ring (bicyclic) bond motifs is 1. The van der Waals surface area contributed by atoms with E-state index in [0.29, 0.717) is 6.42 Å². The summed E-state index contributed by atoms with van der Waals surface area (Å²) in [5.41, 5.74) is 4.83. The SMILES string of the molecule is CC(C)N1C(=O)CCCc2cc(-c3csc(-c4cc[nH]c(=O)c4)n3)ccc21. The van der Waals surface area contributed by atoms with Crippen molar-refractivity contribution in [3.63, 3.8) is 0 Å². The fraction of sp³-hybridized carbons (Fsp3) is 0.286. The van der Waals surface area contributed by atoms with Crippen molar-refractivity contribution in [3.8, 4) is 21.8 Å². The van der Waals surface area contributed by atoms with Crippen molar-refractivity contribution < 1.29 is 4.79 Å². The number of benzene rings is 1. The van der Waals surface area contributed by atoms with Crippen molar-refractivity contribution in [1.82, 2.24) is 9.97 Å². The van der Waals surface area contributed by atoms with E-state index in [2.05, 4.69) is 24.9 Å². The lowest BCUT2D eigenvalue weighted by Crippen LogP contribution is -2.36. The van der Waals surface area contributed by atoms with Crippen LogP contribution in [0.2, 0.25) is 0 Å². The number of anilines is 1. The summed E-state index contributed by atoms with van der Waals surface area (Å²) in [5, 5.41) is 2.84. The Hall–Kier alpha value is -2.73. The Morgan fingerprint density at radius 3 is 2.74 bits per heavy atom. The molecule has 1 aromatic carbocycles. The summed E-state index contributed by atoms with van der Waals surface area (Å²) in [6, 6.07) is 9.78. The molecule has 0 spiro atoms. The number of carbonyl (C=O) groups excluding carboxylic acids is 1. The average Bonchev–Trinajstić information content (AvgIpc) is 3.06. The number of hydrogen-bond acceptors (Lipinski definition) is 4. The number of aryl methyl sites for hydroxylation is 1. The molecule has 2 aromatic heterocycles. The van der Waals surface area contributed by atoms with Crippen molar-refractivity contribution in [2.24, 2.45) is 0 Å². The van der Waals surface area contributed by atoms with E-state index in [1.54, 1.807) is 12.3 Å². The van der Waals surface area contributed by atoms with Crippen molar-refractivity contribution >= 4 is 22.9 Å².